The second-order valence-corrected chi connectivity index (χ2v) is 1.65. The number of nitrogens with zero attached hydrogens (tertiary/aromatic N) is 1. The summed E-state index contributed by atoms with van der Waals surface area (Å²) in [6, 6.07) is 0. The van der Waals surface area contributed by atoms with Crippen molar-refractivity contribution in [3.8, 4) is 0 Å². The summed E-state index contributed by atoms with van der Waals surface area (Å²) in [7, 11) is 0. The van der Waals surface area contributed by atoms with E-state index in [1.165, 1.54) is 0 Å². The Labute approximate surface area is 69.9 Å². The normalized spacial score (nSPS) is 9.18. The SMILES string of the molecule is C=CC(=C)N=C(C)C=C.CC. The zero-order chi connectivity index (χ0) is 9.28. The highest BCUT2D eigenvalue weighted by molar-refractivity contribution is 5.93. The van der Waals surface area contributed by atoms with Crippen LogP contribution >= 0.6 is 0 Å². The van der Waals surface area contributed by atoms with Gasteiger partial charge in [-0.15, -0.1) is 0 Å². The van der Waals surface area contributed by atoms with E-state index < -0.39 is 0 Å². The van der Waals surface area contributed by atoms with E-state index in [9.17, 15) is 0 Å². The number of allylic oxidation sites excluding steroid dienone is 2. The third-order valence-corrected chi connectivity index (χ3v) is 0.851. The summed E-state index contributed by atoms with van der Waals surface area (Å²) in [5.74, 6) is 0. The van der Waals surface area contributed by atoms with Crippen molar-refractivity contribution in [1.29, 1.82) is 0 Å². The third kappa shape index (κ3) is 8.89. The Morgan fingerprint density at radius 3 is 1.91 bits per heavy atom. The Bertz CT molecular complexity index is 164. The van der Waals surface area contributed by atoms with Gasteiger partial charge in [0.2, 0.25) is 0 Å². The molecule has 0 amide bonds. The Balaban J connectivity index is 0. The van der Waals surface area contributed by atoms with E-state index in [4.69, 9.17) is 0 Å². The lowest BCUT2D eigenvalue weighted by Gasteiger charge is -1.89. The summed E-state index contributed by atoms with van der Waals surface area (Å²) >= 11 is 0. The molecule has 0 atom stereocenters. The van der Waals surface area contributed by atoms with Gasteiger partial charge in [-0.05, 0) is 19.1 Å². The van der Waals surface area contributed by atoms with Gasteiger partial charge in [-0.3, -0.25) is 4.99 Å². The molecule has 0 radical (unpaired) electrons. The zero-order valence-corrected chi connectivity index (χ0v) is 7.72. The molecule has 0 heterocycles. The maximum absolute atomic E-state index is 4.00. The van der Waals surface area contributed by atoms with Gasteiger partial charge >= 0.3 is 0 Å². The Hall–Kier alpha value is -1.11. The van der Waals surface area contributed by atoms with Crippen LogP contribution in [0.4, 0.5) is 0 Å². The van der Waals surface area contributed by atoms with Crippen molar-refractivity contribution < 1.29 is 0 Å². The molecule has 0 aliphatic rings. The predicted octanol–water partition coefficient (Wildman–Crippen LogP) is 3.36. The quantitative estimate of drug-likeness (QED) is 0.433. The average molecular weight is 151 g/mol. The van der Waals surface area contributed by atoms with Crippen molar-refractivity contribution in [3.05, 3.63) is 37.6 Å². The van der Waals surface area contributed by atoms with Crippen molar-refractivity contribution in [2.45, 2.75) is 20.8 Å². The van der Waals surface area contributed by atoms with E-state index >= 15 is 0 Å². The minimum atomic E-state index is 0.674. The number of hydrogen-bond acceptors (Lipinski definition) is 1. The Kier molecular flexibility index (Phi) is 10.1. The number of aliphatic imine (C=N–C) groups is 1. The second kappa shape index (κ2) is 8.89. The van der Waals surface area contributed by atoms with E-state index in [1.54, 1.807) is 12.2 Å². The van der Waals surface area contributed by atoms with Gasteiger partial charge in [0, 0.05) is 5.71 Å². The van der Waals surface area contributed by atoms with E-state index in [2.05, 4.69) is 24.7 Å². The summed E-state index contributed by atoms with van der Waals surface area (Å²) in [4.78, 5) is 4.00. The lowest BCUT2D eigenvalue weighted by molar-refractivity contribution is 1.43. The third-order valence-electron chi connectivity index (χ3n) is 0.851. The first-order valence-corrected chi connectivity index (χ1v) is 3.69. The first kappa shape index (κ1) is 12.6. The molecule has 0 aromatic heterocycles. The first-order valence-electron chi connectivity index (χ1n) is 3.69. The molecule has 0 N–H and O–H groups in total. The topological polar surface area (TPSA) is 12.4 Å². The van der Waals surface area contributed by atoms with E-state index in [-0.39, 0.29) is 0 Å². The minimum Gasteiger partial charge on any atom is -0.254 e. The molecule has 0 aliphatic heterocycles. The fourth-order valence-electron chi connectivity index (χ4n) is 0.318. The summed E-state index contributed by atoms with van der Waals surface area (Å²) in [5, 5.41) is 0. The number of rotatable bonds is 3. The summed E-state index contributed by atoms with van der Waals surface area (Å²) in [6.45, 7) is 16.5. The van der Waals surface area contributed by atoms with Crippen LogP contribution in [0.2, 0.25) is 0 Å². The van der Waals surface area contributed by atoms with Crippen LogP contribution in [0.15, 0.2) is 42.6 Å². The van der Waals surface area contributed by atoms with Crippen LogP contribution in [-0.4, -0.2) is 5.71 Å². The van der Waals surface area contributed by atoms with Crippen LogP contribution in [0.5, 0.6) is 0 Å². The van der Waals surface area contributed by atoms with Gasteiger partial charge in [-0.1, -0.05) is 33.6 Å². The largest absolute Gasteiger partial charge is 0.254 e. The summed E-state index contributed by atoms with van der Waals surface area (Å²) in [6.07, 6.45) is 3.28. The molecule has 62 valence electrons. The lowest BCUT2D eigenvalue weighted by atomic mass is 10.4. The molecule has 0 aliphatic carbocycles. The summed E-state index contributed by atoms with van der Waals surface area (Å²) < 4.78 is 0. The predicted molar refractivity (Wildman–Crippen MR) is 54.0 cm³/mol. The van der Waals surface area contributed by atoms with Gasteiger partial charge < -0.3 is 0 Å². The zero-order valence-electron chi connectivity index (χ0n) is 7.72. The molecule has 1 heteroatoms. The van der Waals surface area contributed by atoms with Crippen molar-refractivity contribution in [3.63, 3.8) is 0 Å². The van der Waals surface area contributed by atoms with Gasteiger partial charge in [-0.25, -0.2) is 0 Å². The lowest BCUT2D eigenvalue weighted by Crippen LogP contribution is -1.82. The molecule has 0 unspecified atom stereocenters. The highest BCUT2D eigenvalue weighted by Crippen LogP contribution is 1.93. The molecule has 0 saturated heterocycles. The molecule has 0 aromatic rings. The maximum atomic E-state index is 4.00. The van der Waals surface area contributed by atoms with Gasteiger partial charge in [0.15, 0.2) is 0 Å². The molecule has 0 spiro atoms. The number of hydrogen-bond donors (Lipinski definition) is 0. The molecule has 1 nitrogen and oxygen atoms in total. The van der Waals surface area contributed by atoms with Gasteiger partial charge in [0.1, 0.15) is 0 Å². The fraction of sp³-hybridized carbons (Fsp3) is 0.300. The fourth-order valence-corrected chi connectivity index (χ4v) is 0.318. The molecule has 0 bridgehead atoms. The molecule has 0 rings (SSSR count). The van der Waals surface area contributed by atoms with Crippen molar-refractivity contribution in [1.82, 2.24) is 0 Å². The molecule has 0 fully saturated rings. The van der Waals surface area contributed by atoms with Crippen molar-refractivity contribution in [2.75, 3.05) is 0 Å². The molecular weight excluding hydrogens is 134 g/mol. The Morgan fingerprint density at radius 1 is 1.18 bits per heavy atom. The van der Waals surface area contributed by atoms with Crippen LogP contribution in [0.25, 0.3) is 0 Å². The molecule has 0 aromatic carbocycles. The van der Waals surface area contributed by atoms with Crippen LogP contribution < -0.4 is 0 Å². The van der Waals surface area contributed by atoms with Crippen LogP contribution in [0, 0.1) is 0 Å². The van der Waals surface area contributed by atoms with Gasteiger partial charge in [0.05, 0.1) is 5.70 Å². The van der Waals surface area contributed by atoms with E-state index in [0.717, 1.165) is 5.71 Å². The standard InChI is InChI=1S/C8H11N.C2H6/c1-5-7(3)9-8(4)6-2;1-2/h5-6H,1-3H2,4H3;1-2H3. The Morgan fingerprint density at radius 2 is 1.64 bits per heavy atom. The van der Waals surface area contributed by atoms with Crippen LogP contribution in [0.3, 0.4) is 0 Å². The van der Waals surface area contributed by atoms with Gasteiger partial charge in [-0.2, -0.15) is 0 Å². The van der Waals surface area contributed by atoms with E-state index in [0.29, 0.717) is 5.70 Å². The van der Waals surface area contributed by atoms with Crippen LogP contribution in [-0.2, 0) is 0 Å². The maximum Gasteiger partial charge on any atom is 0.0555 e. The highest BCUT2D eigenvalue weighted by Gasteiger charge is 1.80. The van der Waals surface area contributed by atoms with Gasteiger partial charge in [0.25, 0.3) is 0 Å². The smallest absolute Gasteiger partial charge is 0.0555 e. The summed E-state index contributed by atoms with van der Waals surface area (Å²) in [5.41, 5.74) is 1.53. The van der Waals surface area contributed by atoms with Crippen LogP contribution in [0.1, 0.15) is 20.8 Å². The van der Waals surface area contributed by atoms with Crippen molar-refractivity contribution >= 4 is 5.71 Å². The average Bonchev–Trinajstić information content (AvgIpc) is 2.07. The first-order chi connectivity index (χ1) is 5.20. The molecule has 0 saturated carbocycles. The second-order valence-electron chi connectivity index (χ2n) is 1.65. The van der Waals surface area contributed by atoms with E-state index in [1.807, 2.05) is 20.8 Å². The minimum absolute atomic E-state index is 0.674. The molecular formula is C10H17N. The monoisotopic (exact) mass is 151 g/mol. The van der Waals surface area contributed by atoms with Crippen molar-refractivity contribution in [2.24, 2.45) is 4.99 Å². The highest BCUT2D eigenvalue weighted by atomic mass is 14.7. The molecule has 11 heavy (non-hydrogen) atoms.